The molecule has 4 heteroatoms. The van der Waals surface area contributed by atoms with Crippen molar-refractivity contribution in [1.29, 1.82) is 0 Å². The summed E-state index contributed by atoms with van der Waals surface area (Å²) in [4.78, 5) is 0.0790. The second-order valence-electron chi connectivity index (χ2n) is 15.6. The average molecular weight is 713 g/mol. The summed E-state index contributed by atoms with van der Waals surface area (Å²) in [7, 11) is -4.28. The van der Waals surface area contributed by atoms with Gasteiger partial charge in [0.2, 0.25) is 0 Å². The lowest BCUT2D eigenvalue weighted by Gasteiger charge is -2.14. The lowest BCUT2D eigenvalue weighted by atomic mass is 9.93. The van der Waals surface area contributed by atoms with E-state index in [1.165, 1.54) is 198 Å². The third kappa shape index (κ3) is 21.2. The van der Waals surface area contributed by atoms with Gasteiger partial charge in [-0.05, 0) is 48.3 Å². The molecule has 0 aliphatic rings. The van der Waals surface area contributed by atoms with E-state index >= 15 is 0 Å². The van der Waals surface area contributed by atoms with E-state index in [0.717, 1.165) is 42.0 Å². The van der Waals surface area contributed by atoms with Gasteiger partial charge in [-0.1, -0.05) is 231 Å². The molecule has 3 nitrogen and oxygen atoms in total. The van der Waals surface area contributed by atoms with Crippen LogP contribution in [0.25, 0.3) is 10.8 Å². The normalized spacial score (nSPS) is 12.0. The summed E-state index contributed by atoms with van der Waals surface area (Å²) in [5.41, 5.74) is 2.28. The summed E-state index contributed by atoms with van der Waals surface area (Å²) in [5.74, 6) is 0. The van der Waals surface area contributed by atoms with Gasteiger partial charge in [0.05, 0.1) is 0 Å². The van der Waals surface area contributed by atoms with Crippen LogP contribution in [0.4, 0.5) is 0 Å². The predicted molar refractivity (Wildman–Crippen MR) is 220 cm³/mol. The van der Waals surface area contributed by atoms with Gasteiger partial charge in [0, 0.05) is 5.39 Å². The maximum absolute atomic E-state index is 12.4. The van der Waals surface area contributed by atoms with Crippen molar-refractivity contribution in [3.05, 3.63) is 41.5 Å². The van der Waals surface area contributed by atoms with Crippen LogP contribution in [0.1, 0.15) is 230 Å². The van der Waals surface area contributed by atoms with Gasteiger partial charge in [0.25, 0.3) is 10.1 Å². The molecule has 0 aromatic heterocycles. The van der Waals surface area contributed by atoms with E-state index in [9.17, 15) is 13.0 Å². The van der Waals surface area contributed by atoms with Crippen molar-refractivity contribution >= 4 is 20.9 Å². The zero-order valence-corrected chi connectivity index (χ0v) is 33.9. The van der Waals surface area contributed by atoms with Crippen molar-refractivity contribution in [3.63, 3.8) is 0 Å². The number of fused-ring (bicyclic) bond motifs is 1. The number of aryl methyl sites for hydroxylation is 2. The Hall–Kier alpha value is -1.39. The molecular formula is C46H80O3S. The molecule has 0 saturated carbocycles. The van der Waals surface area contributed by atoms with Gasteiger partial charge in [0.1, 0.15) is 4.90 Å². The van der Waals surface area contributed by atoms with Crippen LogP contribution in [-0.2, 0) is 23.0 Å². The van der Waals surface area contributed by atoms with E-state index < -0.39 is 10.1 Å². The molecule has 0 atom stereocenters. The van der Waals surface area contributed by atoms with E-state index in [2.05, 4.69) is 32.0 Å². The maximum Gasteiger partial charge on any atom is 0.295 e. The molecule has 0 aliphatic carbocycles. The molecule has 0 fully saturated rings. The maximum atomic E-state index is 12.4. The summed E-state index contributed by atoms with van der Waals surface area (Å²) < 4.78 is 34.9. The van der Waals surface area contributed by atoms with Crippen molar-refractivity contribution < 1.29 is 13.0 Å². The van der Waals surface area contributed by atoms with Gasteiger partial charge >= 0.3 is 0 Å². The predicted octanol–water partition coefficient (Wildman–Crippen LogP) is 15.7. The van der Waals surface area contributed by atoms with E-state index in [0.29, 0.717) is 0 Å². The molecule has 0 radical (unpaired) electrons. The van der Waals surface area contributed by atoms with Gasteiger partial charge < -0.3 is 0 Å². The fourth-order valence-electron chi connectivity index (χ4n) is 7.87. The minimum absolute atomic E-state index is 0.0790. The SMILES string of the molecule is CCCCCCCCCCCCCCCCCCc1ccc(CCCCCCCCCCCCCCCCCC)c2c(S(=O)(=O)O)cccc12. The molecule has 2 rings (SSSR count). The van der Waals surface area contributed by atoms with Gasteiger partial charge in [-0.15, -0.1) is 0 Å². The first-order valence-corrected chi connectivity index (χ1v) is 23.4. The number of rotatable bonds is 35. The first-order chi connectivity index (χ1) is 24.5. The Morgan fingerprint density at radius 3 is 1.04 bits per heavy atom. The first kappa shape index (κ1) is 44.8. The summed E-state index contributed by atoms with van der Waals surface area (Å²) in [6.07, 6.45) is 45.1. The van der Waals surface area contributed by atoms with Crippen LogP contribution in [0.2, 0.25) is 0 Å². The minimum Gasteiger partial charge on any atom is -0.282 e. The Morgan fingerprint density at radius 2 is 0.700 bits per heavy atom. The van der Waals surface area contributed by atoms with Crippen molar-refractivity contribution in [2.75, 3.05) is 0 Å². The molecule has 1 N–H and O–H groups in total. The van der Waals surface area contributed by atoms with Crippen LogP contribution < -0.4 is 0 Å². The van der Waals surface area contributed by atoms with Crippen LogP contribution in [0.3, 0.4) is 0 Å². The molecule has 288 valence electrons. The Bertz CT molecular complexity index is 1190. The Balaban J connectivity index is 1.63. The largest absolute Gasteiger partial charge is 0.295 e. The van der Waals surface area contributed by atoms with Gasteiger partial charge in [0.15, 0.2) is 0 Å². The summed E-state index contributed by atoms with van der Waals surface area (Å²) in [6.45, 7) is 4.57. The number of benzene rings is 2. The Kier molecular flexibility index (Phi) is 27.0. The molecule has 0 heterocycles. The molecule has 0 unspecified atom stereocenters. The third-order valence-electron chi connectivity index (χ3n) is 11.1. The first-order valence-electron chi connectivity index (χ1n) is 22.0. The summed E-state index contributed by atoms with van der Waals surface area (Å²) in [5, 5.41) is 1.76. The van der Waals surface area contributed by atoms with Gasteiger partial charge in [-0.25, -0.2) is 0 Å². The van der Waals surface area contributed by atoms with Crippen LogP contribution in [0.15, 0.2) is 35.2 Å². The van der Waals surface area contributed by atoms with Gasteiger partial charge in [-0.2, -0.15) is 8.42 Å². The van der Waals surface area contributed by atoms with E-state index in [1.54, 1.807) is 12.1 Å². The number of hydrogen-bond acceptors (Lipinski definition) is 2. The molecule has 0 aliphatic heterocycles. The highest BCUT2D eigenvalue weighted by atomic mass is 32.2. The molecule has 0 spiro atoms. The minimum atomic E-state index is -4.28. The second-order valence-corrected chi connectivity index (χ2v) is 17.0. The lowest BCUT2D eigenvalue weighted by molar-refractivity contribution is 0.484. The van der Waals surface area contributed by atoms with Crippen molar-refractivity contribution in [2.45, 2.75) is 237 Å². The Morgan fingerprint density at radius 1 is 0.400 bits per heavy atom. The molecule has 0 bridgehead atoms. The number of unbranched alkanes of at least 4 members (excludes halogenated alkanes) is 30. The quantitative estimate of drug-likeness (QED) is 0.0572. The summed E-state index contributed by atoms with van der Waals surface area (Å²) in [6, 6.07) is 9.80. The van der Waals surface area contributed by atoms with Crippen LogP contribution >= 0.6 is 0 Å². The van der Waals surface area contributed by atoms with Crippen molar-refractivity contribution in [3.8, 4) is 0 Å². The average Bonchev–Trinajstić information content (AvgIpc) is 3.11. The molecule has 2 aromatic rings. The highest BCUT2D eigenvalue weighted by molar-refractivity contribution is 7.86. The van der Waals surface area contributed by atoms with E-state index in [-0.39, 0.29) is 4.90 Å². The lowest BCUT2D eigenvalue weighted by Crippen LogP contribution is -2.03. The smallest absolute Gasteiger partial charge is 0.282 e. The number of hydrogen-bond donors (Lipinski definition) is 1. The highest BCUT2D eigenvalue weighted by Crippen LogP contribution is 2.31. The van der Waals surface area contributed by atoms with Crippen LogP contribution in [-0.4, -0.2) is 13.0 Å². The molecular weight excluding hydrogens is 633 g/mol. The van der Waals surface area contributed by atoms with E-state index in [4.69, 9.17) is 0 Å². The molecule has 0 amide bonds. The van der Waals surface area contributed by atoms with Crippen LogP contribution in [0, 0.1) is 0 Å². The monoisotopic (exact) mass is 713 g/mol. The third-order valence-corrected chi connectivity index (χ3v) is 12.0. The van der Waals surface area contributed by atoms with Gasteiger partial charge in [-0.3, -0.25) is 4.55 Å². The topological polar surface area (TPSA) is 54.4 Å². The summed E-state index contributed by atoms with van der Waals surface area (Å²) >= 11 is 0. The van der Waals surface area contributed by atoms with Crippen LogP contribution in [0.5, 0.6) is 0 Å². The standard InChI is InChI=1S/C46H80O3S/c1-3-5-7-9-11-13-15-17-19-21-23-25-27-29-31-33-36-42-40-41-43(46-44(42)38-35-39-45(46)50(47,48)49)37-34-32-30-28-26-24-22-20-18-16-14-12-10-8-6-4-2/h35,38-41H,3-34,36-37H2,1-2H3,(H,47,48,49). The zero-order valence-electron chi connectivity index (χ0n) is 33.1. The fourth-order valence-corrected chi connectivity index (χ4v) is 8.62. The van der Waals surface area contributed by atoms with Crippen molar-refractivity contribution in [1.82, 2.24) is 0 Å². The molecule has 50 heavy (non-hydrogen) atoms. The van der Waals surface area contributed by atoms with E-state index in [1.807, 2.05) is 0 Å². The second kappa shape index (κ2) is 30.1. The van der Waals surface area contributed by atoms with Crippen molar-refractivity contribution in [2.24, 2.45) is 0 Å². The highest BCUT2D eigenvalue weighted by Gasteiger charge is 2.18. The zero-order chi connectivity index (χ0) is 36.0. The molecule has 0 saturated heterocycles. The molecule has 2 aromatic carbocycles. The fraction of sp³-hybridized carbons (Fsp3) is 0.783. The Labute approximate surface area is 311 Å².